The van der Waals surface area contributed by atoms with Crippen molar-refractivity contribution in [3.05, 3.63) is 64.9 Å². The average Bonchev–Trinajstić information content (AvgIpc) is 3.15. The first-order chi connectivity index (χ1) is 10.3. The molecule has 0 unspecified atom stereocenters. The van der Waals surface area contributed by atoms with Crippen molar-refractivity contribution in [1.29, 1.82) is 0 Å². The Labute approximate surface area is 125 Å². The number of ketones is 1. The zero-order chi connectivity index (χ0) is 14.7. The maximum atomic E-state index is 12.2. The number of hydrogen-bond donors (Lipinski definition) is 0. The third kappa shape index (κ3) is 2.80. The van der Waals surface area contributed by atoms with E-state index in [4.69, 9.17) is 0 Å². The number of allylic oxidation sites excluding steroid dienone is 1. The highest BCUT2D eigenvalue weighted by molar-refractivity contribution is 7.03. The van der Waals surface area contributed by atoms with Crippen LogP contribution < -0.4 is 0 Å². The number of carbonyl (C=O) groups excluding carboxylic acids is 1. The van der Waals surface area contributed by atoms with Crippen molar-refractivity contribution in [2.75, 3.05) is 0 Å². The first-order valence-electron chi connectivity index (χ1n) is 6.35. The minimum absolute atomic E-state index is 0.0947. The van der Waals surface area contributed by atoms with Gasteiger partial charge in [-0.05, 0) is 42.7 Å². The fourth-order valence-electron chi connectivity index (χ4n) is 1.98. The molecule has 0 aliphatic heterocycles. The van der Waals surface area contributed by atoms with Gasteiger partial charge in [-0.3, -0.25) is 4.79 Å². The molecule has 0 spiro atoms. The van der Waals surface area contributed by atoms with Crippen LogP contribution in [0.25, 0.3) is 11.8 Å². The van der Waals surface area contributed by atoms with E-state index in [2.05, 4.69) is 14.7 Å². The number of para-hydroxylation sites is 1. The van der Waals surface area contributed by atoms with Gasteiger partial charge in [0.05, 0.1) is 28.8 Å². The van der Waals surface area contributed by atoms with E-state index < -0.39 is 0 Å². The molecule has 0 aliphatic rings. The second kappa shape index (κ2) is 5.80. The molecule has 5 nitrogen and oxygen atoms in total. The van der Waals surface area contributed by atoms with Crippen LogP contribution in [-0.4, -0.2) is 25.2 Å². The lowest BCUT2D eigenvalue weighted by Gasteiger charge is -2.03. The highest BCUT2D eigenvalue weighted by Crippen LogP contribution is 2.15. The van der Waals surface area contributed by atoms with Crippen LogP contribution in [0.3, 0.4) is 0 Å². The molecule has 3 aromatic rings. The van der Waals surface area contributed by atoms with Crippen LogP contribution >= 0.6 is 11.5 Å². The largest absolute Gasteiger partial charge is 0.289 e. The quantitative estimate of drug-likeness (QED) is 0.548. The van der Waals surface area contributed by atoms with Gasteiger partial charge in [0.25, 0.3) is 0 Å². The predicted octanol–water partition coefficient (Wildman–Crippen LogP) is 2.93. The maximum absolute atomic E-state index is 12.2. The summed E-state index contributed by atoms with van der Waals surface area (Å²) in [6, 6.07) is 9.72. The molecule has 6 heteroatoms. The van der Waals surface area contributed by atoms with Crippen LogP contribution in [0.2, 0.25) is 0 Å². The Morgan fingerprint density at radius 3 is 2.81 bits per heavy atom. The Morgan fingerprint density at radius 1 is 1.29 bits per heavy atom. The standard InChI is InChI=1S/C15H12N4OS/c1-11-14(15(20)8-7-12-10-21-18-17-12)9-16-19(11)13-5-3-2-4-6-13/h2-10H,1H3. The smallest absolute Gasteiger partial charge is 0.189 e. The van der Waals surface area contributed by atoms with Gasteiger partial charge in [-0.15, -0.1) is 5.10 Å². The van der Waals surface area contributed by atoms with Crippen LogP contribution in [-0.2, 0) is 0 Å². The zero-order valence-corrected chi connectivity index (χ0v) is 12.1. The molecule has 0 radical (unpaired) electrons. The summed E-state index contributed by atoms with van der Waals surface area (Å²) in [7, 11) is 0. The molecule has 1 aromatic carbocycles. The van der Waals surface area contributed by atoms with Gasteiger partial charge >= 0.3 is 0 Å². The van der Waals surface area contributed by atoms with Gasteiger partial charge in [0.1, 0.15) is 0 Å². The monoisotopic (exact) mass is 296 g/mol. The third-order valence-electron chi connectivity index (χ3n) is 3.06. The Bertz CT molecular complexity index is 775. The summed E-state index contributed by atoms with van der Waals surface area (Å²) in [6.45, 7) is 1.88. The lowest BCUT2D eigenvalue weighted by Crippen LogP contribution is -2.01. The van der Waals surface area contributed by atoms with Crippen molar-refractivity contribution in [3.8, 4) is 5.69 Å². The summed E-state index contributed by atoms with van der Waals surface area (Å²) in [4.78, 5) is 12.2. The molecule has 0 atom stereocenters. The van der Waals surface area contributed by atoms with E-state index in [0.29, 0.717) is 11.3 Å². The molecular weight excluding hydrogens is 284 g/mol. The van der Waals surface area contributed by atoms with Crippen LogP contribution in [0.4, 0.5) is 0 Å². The molecule has 0 saturated carbocycles. The second-order valence-electron chi connectivity index (χ2n) is 4.42. The first-order valence-corrected chi connectivity index (χ1v) is 7.19. The van der Waals surface area contributed by atoms with E-state index in [-0.39, 0.29) is 5.78 Å². The van der Waals surface area contributed by atoms with Crippen LogP contribution in [0.1, 0.15) is 21.7 Å². The summed E-state index contributed by atoms with van der Waals surface area (Å²) in [6.07, 6.45) is 4.75. The van der Waals surface area contributed by atoms with Crippen molar-refractivity contribution >= 4 is 23.4 Å². The number of benzene rings is 1. The number of rotatable bonds is 4. The van der Waals surface area contributed by atoms with Crippen molar-refractivity contribution in [2.24, 2.45) is 0 Å². The Kier molecular flexibility index (Phi) is 3.70. The summed E-state index contributed by atoms with van der Waals surface area (Å²) in [5.41, 5.74) is 3.01. The molecule has 3 rings (SSSR count). The third-order valence-corrected chi connectivity index (χ3v) is 3.58. The molecule has 0 bridgehead atoms. The molecular formula is C15H12N4OS. The Balaban J connectivity index is 1.87. The van der Waals surface area contributed by atoms with E-state index in [1.54, 1.807) is 22.3 Å². The van der Waals surface area contributed by atoms with Crippen molar-refractivity contribution < 1.29 is 4.79 Å². The average molecular weight is 296 g/mol. The minimum atomic E-state index is -0.0947. The van der Waals surface area contributed by atoms with Crippen LogP contribution in [0.5, 0.6) is 0 Å². The fraction of sp³-hybridized carbons (Fsp3) is 0.0667. The van der Waals surface area contributed by atoms with Gasteiger partial charge in [-0.1, -0.05) is 22.7 Å². The van der Waals surface area contributed by atoms with E-state index in [1.807, 2.05) is 37.3 Å². The Morgan fingerprint density at radius 2 is 2.10 bits per heavy atom. The van der Waals surface area contributed by atoms with E-state index in [1.165, 1.54) is 17.6 Å². The maximum Gasteiger partial charge on any atom is 0.189 e. The summed E-state index contributed by atoms with van der Waals surface area (Å²) >= 11 is 1.25. The molecule has 0 fully saturated rings. The number of carbonyl (C=O) groups is 1. The molecule has 0 saturated heterocycles. The summed E-state index contributed by atoms with van der Waals surface area (Å²) < 4.78 is 5.50. The van der Waals surface area contributed by atoms with Gasteiger partial charge in [-0.2, -0.15) is 5.10 Å². The van der Waals surface area contributed by atoms with Crippen LogP contribution in [0.15, 0.2) is 48.0 Å². The van der Waals surface area contributed by atoms with E-state index >= 15 is 0 Å². The SMILES string of the molecule is Cc1c(C(=O)C=Cc2csnn2)cnn1-c1ccccc1. The molecule has 2 aromatic heterocycles. The highest BCUT2D eigenvalue weighted by atomic mass is 32.1. The minimum Gasteiger partial charge on any atom is -0.289 e. The molecule has 0 aliphatic carbocycles. The first kappa shape index (κ1) is 13.4. The fourth-order valence-corrected chi connectivity index (χ4v) is 2.40. The normalized spacial score (nSPS) is 11.1. The molecule has 0 N–H and O–H groups in total. The summed E-state index contributed by atoms with van der Waals surface area (Å²) in [5.74, 6) is -0.0947. The molecule has 104 valence electrons. The topological polar surface area (TPSA) is 60.7 Å². The van der Waals surface area contributed by atoms with Crippen molar-refractivity contribution in [2.45, 2.75) is 6.92 Å². The molecule has 0 amide bonds. The van der Waals surface area contributed by atoms with Crippen molar-refractivity contribution in [1.82, 2.24) is 19.4 Å². The number of hydrogen-bond acceptors (Lipinski definition) is 5. The molecule has 2 heterocycles. The van der Waals surface area contributed by atoms with Gasteiger partial charge in [-0.25, -0.2) is 4.68 Å². The molecule has 21 heavy (non-hydrogen) atoms. The van der Waals surface area contributed by atoms with Gasteiger partial charge < -0.3 is 0 Å². The number of nitrogens with zero attached hydrogens (tertiary/aromatic N) is 4. The lowest BCUT2D eigenvalue weighted by molar-refractivity contribution is 0.104. The number of aromatic nitrogens is 4. The van der Waals surface area contributed by atoms with E-state index in [0.717, 1.165) is 11.4 Å². The Hall–Kier alpha value is -2.60. The van der Waals surface area contributed by atoms with E-state index in [9.17, 15) is 4.79 Å². The zero-order valence-electron chi connectivity index (χ0n) is 11.3. The predicted molar refractivity (Wildman–Crippen MR) is 81.6 cm³/mol. The van der Waals surface area contributed by atoms with Gasteiger partial charge in [0.2, 0.25) is 0 Å². The second-order valence-corrected chi connectivity index (χ2v) is 5.03. The lowest BCUT2D eigenvalue weighted by atomic mass is 10.1. The van der Waals surface area contributed by atoms with Crippen molar-refractivity contribution in [3.63, 3.8) is 0 Å². The summed E-state index contributed by atoms with van der Waals surface area (Å²) in [5, 5.41) is 9.94. The van der Waals surface area contributed by atoms with Gasteiger partial charge in [0.15, 0.2) is 5.78 Å². The van der Waals surface area contributed by atoms with Gasteiger partial charge in [0, 0.05) is 5.38 Å². The van der Waals surface area contributed by atoms with Crippen LogP contribution in [0, 0.1) is 6.92 Å². The highest BCUT2D eigenvalue weighted by Gasteiger charge is 2.12.